The molecule has 0 saturated heterocycles. The van der Waals surface area contributed by atoms with Crippen LogP contribution in [-0.4, -0.2) is 25.4 Å². The van der Waals surface area contributed by atoms with Crippen LogP contribution < -0.4 is 17.1 Å². The maximum atomic E-state index is 11.7. The van der Waals surface area contributed by atoms with E-state index in [1.54, 1.807) is 0 Å². The first-order chi connectivity index (χ1) is 8.00. The van der Waals surface area contributed by atoms with Crippen LogP contribution in [0, 0.1) is 0 Å². The Kier molecular flexibility index (Phi) is 4.45. The fourth-order valence-electron chi connectivity index (χ4n) is 1.58. The molecule has 0 aromatic carbocycles. The Balaban J connectivity index is 3.05. The third kappa shape index (κ3) is 2.73. The van der Waals surface area contributed by atoms with Crippen molar-refractivity contribution in [2.75, 3.05) is 6.61 Å². The van der Waals surface area contributed by atoms with Crippen LogP contribution in [0.15, 0.2) is 14.4 Å². The molecule has 0 aliphatic heterocycles. The highest BCUT2D eigenvalue weighted by atomic mass is 16.3. The summed E-state index contributed by atoms with van der Waals surface area (Å²) in [6, 6.07) is 0. The molecule has 1 heterocycles. The van der Waals surface area contributed by atoms with Gasteiger partial charge in [0.2, 0.25) is 0 Å². The molecular weight excluding hydrogens is 226 g/mol. The third-order valence-electron chi connectivity index (χ3n) is 2.65. The summed E-state index contributed by atoms with van der Waals surface area (Å²) in [6.07, 6.45) is 1.99. The van der Waals surface area contributed by atoms with Crippen LogP contribution in [0.1, 0.15) is 19.3 Å². The molecule has 7 nitrogen and oxygen atoms in total. The van der Waals surface area contributed by atoms with Gasteiger partial charge in [0.05, 0.1) is 0 Å². The van der Waals surface area contributed by atoms with E-state index < -0.39 is 17.1 Å². The van der Waals surface area contributed by atoms with Gasteiger partial charge < -0.3 is 5.11 Å². The Morgan fingerprint density at radius 2 is 1.41 bits per heavy atom. The topological polar surface area (TPSA) is 86.2 Å². The minimum absolute atomic E-state index is 0.0974. The average Bonchev–Trinajstić information content (AvgIpc) is 2.33. The van der Waals surface area contributed by atoms with Gasteiger partial charge in [-0.2, -0.15) is 0 Å². The van der Waals surface area contributed by atoms with Gasteiger partial charge in [0.25, 0.3) is 0 Å². The standard InChI is InChI=1S/C10H17N3O4/c1-11-8(15)12(2)10(17)13(9(11)16)6-4-3-5-7-14/h14H,3-7H2,1-2H3. The molecule has 0 unspecified atom stereocenters. The zero-order valence-electron chi connectivity index (χ0n) is 10.0. The molecule has 0 aliphatic rings. The Labute approximate surface area is 97.6 Å². The molecule has 96 valence electrons. The van der Waals surface area contributed by atoms with Gasteiger partial charge >= 0.3 is 17.1 Å². The summed E-state index contributed by atoms with van der Waals surface area (Å²) in [6.45, 7) is 0.361. The summed E-state index contributed by atoms with van der Waals surface area (Å²) >= 11 is 0. The second-order valence-electron chi connectivity index (χ2n) is 3.90. The average molecular weight is 243 g/mol. The van der Waals surface area contributed by atoms with Gasteiger partial charge in [-0.15, -0.1) is 0 Å². The molecule has 0 fully saturated rings. The Morgan fingerprint density at radius 3 is 1.88 bits per heavy atom. The fraction of sp³-hybridized carbons (Fsp3) is 0.700. The molecule has 17 heavy (non-hydrogen) atoms. The summed E-state index contributed by atoms with van der Waals surface area (Å²) in [7, 11) is 2.68. The monoisotopic (exact) mass is 243 g/mol. The first kappa shape index (κ1) is 13.4. The lowest BCUT2D eigenvalue weighted by Crippen LogP contribution is -2.52. The number of aliphatic hydroxyl groups excluding tert-OH is 1. The number of nitrogens with zero attached hydrogens (tertiary/aromatic N) is 3. The van der Waals surface area contributed by atoms with Crippen molar-refractivity contribution >= 4 is 0 Å². The first-order valence-electron chi connectivity index (χ1n) is 5.48. The summed E-state index contributed by atoms with van der Waals surface area (Å²) in [5.41, 5.74) is -1.81. The third-order valence-corrected chi connectivity index (χ3v) is 2.65. The Hall–Kier alpha value is -1.63. The lowest BCUT2D eigenvalue weighted by Gasteiger charge is -2.08. The SMILES string of the molecule is Cn1c(=O)n(C)c(=O)n(CCCCCO)c1=O. The van der Waals surface area contributed by atoms with Crippen molar-refractivity contribution in [3.63, 3.8) is 0 Å². The zero-order chi connectivity index (χ0) is 13.0. The molecule has 7 heteroatoms. The first-order valence-corrected chi connectivity index (χ1v) is 5.48. The van der Waals surface area contributed by atoms with Gasteiger partial charge in [-0.1, -0.05) is 0 Å². The molecule has 0 radical (unpaired) electrons. The van der Waals surface area contributed by atoms with Crippen LogP contribution in [0.5, 0.6) is 0 Å². The van der Waals surface area contributed by atoms with Gasteiger partial charge in [-0.25, -0.2) is 28.1 Å². The highest BCUT2D eigenvalue weighted by molar-refractivity contribution is 4.75. The molecular formula is C10H17N3O4. The molecule has 0 amide bonds. The van der Waals surface area contributed by atoms with Crippen LogP contribution in [0.2, 0.25) is 0 Å². The summed E-state index contributed by atoms with van der Waals surface area (Å²) in [5.74, 6) is 0. The van der Waals surface area contributed by atoms with Gasteiger partial charge in [0, 0.05) is 27.2 Å². The highest BCUT2D eigenvalue weighted by Crippen LogP contribution is 1.94. The Bertz CT molecular complexity index is 512. The number of aromatic nitrogens is 3. The second kappa shape index (κ2) is 5.62. The fourth-order valence-corrected chi connectivity index (χ4v) is 1.58. The maximum absolute atomic E-state index is 11.7. The molecule has 1 aromatic heterocycles. The number of rotatable bonds is 5. The maximum Gasteiger partial charge on any atom is 0.336 e. The van der Waals surface area contributed by atoms with Crippen molar-refractivity contribution in [1.82, 2.24) is 13.7 Å². The van der Waals surface area contributed by atoms with E-state index in [9.17, 15) is 14.4 Å². The van der Waals surface area contributed by atoms with Gasteiger partial charge in [-0.05, 0) is 19.3 Å². The van der Waals surface area contributed by atoms with Gasteiger partial charge in [-0.3, -0.25) is 0 Å². The van der Waals surface area contributed by atoms with Crippen LogP contribution in [0.3, 0.4) is 0 Å². The molecule has 0 bridgehead atoms. The van der Waals surface area contributed by atoms with Crippen molar-refractivity contribution < 1.29 is 5.11 Å². The predicted molar refractivity (Wildman–Crippen MR) is 62.1 cm³/mol. The normalized spacial score (nSPS) is 10.8. The lowest BCUT2D eigenvalue weighted by atomic mass is 10.2. The number of aliphatic hydroxyl groups is 1. The van der Waals surface area contributed by atoms with E-state index in [-0.39, 0.29) is 13.2 Å². The van der Waals surface area contributed by atoms with E-state index in [4.69, 9.17) is 5.11 Å². The van der Waals surface area contributed by atoms with Crippen molar-refractivity contribution in [2.24, 2.45) is 14.1 Å². The predicted octanol–water partition coefficient (Wildman–Crippen LogP) is -1.59. The van der Waals surface area contributed by atoms with Crippen LogP contribution in [0.25, 0.3) is 0 Å². The van der Waals surface area contributed by atoms with Crippen molar-refractivity contribution in [1.29, 1.82) is 0 Å². The number of hydrogen-bond donors (Lipinski definition) is 1. The lowest BCUT2D eigenvalue weighted by molar-refractivity contribution is 0.281. The zero-order valence-corrected chi connectivity index (χ0v) is 10.0. The van der Waals surface area contributed by atoms with Gasteiger partial charge in [0.15, 0.2) is 0 Å². The van der Waals surface area contributed by atoms with Crippen LogP contribution in [-0.2, 0) is 20.6 Å². The van der Waals surface area contributed by atoms with Crippen LogP contribution in [0.4, 0.5) is 0 Å². The minimum atomic E-state index is -0.619. The summed E-state index contributed by atoms with van der Waals surface area (Å²) in [4.78, 5) is 34.8. The van der Waals surface area contributed by atoms with E-state index in [0.717, 1.165) is 20.1 Å². The van der Waals surface area contributed by atoms with E-state index in [2.05, 4.69) is 0 Å². The largest absolute Gasteiger partial charge is 0.396 e. The molecule has 1 N–H and O–H groups in total. The number of hydrogen-bond acceptors (Lipinski definition) is 4. The van der Waals surface area contributed by atoms with E-state index in [0.29, 0.717) is 12.8 Å². The molecule has 0 aliphatic carbocycles. The molecule has 0 spiro atoms. The summed E-state index contributed by atoms with van der Waals surface area (Å²) < 4.78 is 2.86. The number of unbranched alkanes of at least 4 members (excludes halogenated alkanes) is 2. The second-order valence-corrected chi connectivity index (χ2v) is 3.90. The minimum Gasteiger partial charge on any atom is -0.396 e. The van der Waals surface area contributed by atoms with Crippen molar-refractivity contribution in [2.45, 2.75) is 25.8 Å². The van der Waals surface area contributed by atoms with Gasteiger partial charge in [0.1, 0.15) is 0 Å². The van der Waals surface area contributed by atoms with Crippen LogP contribution >= 0.6 is 0 Å². The van der Waals surface area contributed by atoms with Crippen molar-refractivity contribution in [3.05, 3.63) is 31.5 Å². The smallest absolute Gasteiger partial charge is 0.336 e. The molecule has 0 saturated carbocycles. The van der Waals surface area contributed by atoms with E-state index in [1.165, 1.54) is 14.1 Å². The Morgan fingerprint density at radius 1 is 0.882 bits per heavy atom. The summed E-state index contributed by atoms with van der Waals surface area (Å²) in [5, 5.41) is 8.62. The quantitative estimate of drug-likeness (QED) is 0.632. The van der Waals surface area contributed by atoms with E-state index in [1.807, 2.05) is 0 Å². The van der Waals surface area contributed by atoms with E-state index >= 15 is 0 Å². The molecule has 1 rings (SSSR count). The molecule has 1 aromatic rings. The molecule has 0 atom stereocenters. The highest BCUT2D eigenvalue weighted by Gasteiger charge is 2.09. The van der Waals surface area contributed by atoms with Crippen molar-refractivity contribution in [3.8, 4) is 0 Å².